The quantitative estimate of drug-likeness (QED) is 0.796. The summed E-state index contributed by atoms with van der Waals surface area (Å²) in [6.45, 7) is -1.47. The Hall–Kier alpha value is -1.74. The highest BCUT2D eigenvalue weighted by Gasteiger charge is 2.21. The van der Waals surface area contributed by atoms with Gasteiger partial charge in [0.2, 0.25) is 10.0 Å². The molecule has 25 heavy (non-hydrogen) atoms. The molecule has 0 fully saturated rings. The van der Waals surface area contributed by atoms with Gasteiger partial charge >= 0.3 is 6.61 Å². The maximum atomic E-state index is 12.4. The van der Waals surface area contributed by atoms with Crippen LogP contribution < -0.4 is 14.8 Å². The van der Waals surface area contributed by atoms with Gasteiger partial charge < -0.3 is 10.1 Å². The minimum atomic E-state index is -3.97. The number of alkyl halides is 2. The van der Waals surface area contributed by atoms with Gasteiger partial charge in [-0.05, 0) is 28.8 Å². The van der Waals surface area contributed by atoms with Crippen molar-refractivity contribution in [2.75, 3.05) is 0 Å². The van der Waals surface area contributed by atoms with Crippen LogP contribution in [0.4, 0.5) is 8.78 Å². The number of fused-ring (bicyclic) bond motifs is 1. The first-order valence-electron chi connectivity index (χ1n) is 7.30. The number of halogens is 3. The summed E-state index contributed by atoms with van der Waals surface area (Å²) in [5, 5.41) is 3.21. The van der Waals surface area contributed by atoms with Crippen LogP contribution in [0.3, 0.4) is 0 Å². The van der Waals surface area contributed by atoms with Gasteiger partial charge in [0.25, 0.3) is 0 Å². The molecular formula is C16H17ClF2N2O3S. The molecule has 0 radical (unpaired) electrons. The maximum Gasteiger partial charge on any atom is 0.387 e. The third-order valence-corrected chi connectivity index (χ3v) is 5.16. The van der Waals surface area contributed by atoms with E-state index >= 15 is 0 Å². The minimum Gasteiger partial charge on any atom is -0.433 e. The van der Waals surface area contributed by atoms with Gasteiger partial charge in [0.15, 0.2) is 0 Å². The lowest BCUT2D eigenvalue weighted by atomic mass is 10.1. The molecule has 0 bridgehead atoms. The Morgan fingerprint density at radius 2 is 1.84 bits per heavy atom. The van der Waals surface area contributed by atoms with Gasteiger partial charge in [0.1, 0.15) is 10.6 Å². The molecule has 0 unspecified atom stereocenters. The van der Waals surface area contributed by atoms with E-state index in [4.69, 9.17) is 0 Å². The molecule has 0 aliphatic carbocycles. The molecule has 2 aromatic rings. The Morgan fingerprint density at radius 1 is 1.12 bits per heavy atom. The van der Waals surface area contributed by atoms with Crippen LogP contribution in [-0.2, 0) is 29.7 Å². The first-order valence-corrected chi connectivity index (χ1v) is 8.79. The zero-order valence-electron chi connectivity index (χ0n) is 13.0. The summed E-state index contributed by atoms with van der Waals surface area (Å²) in [5.41, 5.74) is 3.12. The average Bonchev–Trinajstić information content (AvgIpc) is 3.00. The fourth-order valence-electron chi connectivity index (χ4n) is 2.58. The Morgan fingerprint density at radius 3 is 2.60 bits per heavy atom. The summed E-state index contributed by atoms with van der Waals surface area (Å²) in [6, 6.07) is 11.0. The van der Waals surface area contributed by atoms with E-state index in [1.807, 2.05) is 18.2 Å². The molecule has 0 saturated carbocycles. The zero-order chi connectivity index (χ0) is 17.2. The molecule has 0 amide bonds. The Kier molecular flexibility index (Phi) is 6.34. The van der Waals surface area contributed by atoms with E-state index in [0.29, 0.717) is 0 Å². The van der Waals surface area contributed by atoms with Crippen LogP contribution >= 0.6 is 12.4 Å². The number of nitrogens with one attached hydrogen (secondary N) is 2. The van der Waals surface area contributed by atoms with Crippen molar-refractivity contribution in [3.05, 3.63) is 59.2 Å². The van der Waals surface area contributed by atoms with Crippen LogP contribution in [0, 0.1) is 0 Å². The molecule has 0 saturated heterocycles. The lowest BCUT2D eigenvalue weighted by Crippen LogP contribution is -2.24. The molecule has 0 atom stereocenters. The van der Waals surface area contributed by atoms with Crippen molar-refractivity contribution in [1.82, 2.24) is 10.0 Å². The van der Waals surface area contributed by atoms with Crippen molar-refractivity contribution in [2.24, 2.45) is 0 Å². The molecule has 1 heterocycles. The molecule has 1 aliphatic heterocycles. The normalized spacial score (nSPS) is 13.4. The van der Waals surface area contributed by atoms with E-state index in [0.717, 1.165) is 24.2 Å². The highest BCUT2D eigenvalue weighted by Crippen LogP contribution is 2.25. The fraction of sp³-hybridized carbons (Fsp3) is 0.250. The number of benzene rings is 2. The van der Waals surface area contributed by atoms with E-state index in [-0.39, 0.29) is 29.6 Å². The van der Waals surface area contributed by atoms with Gasteiger partial charge in [0.05, 0.1) is 0 Å². The van der Waals surface area contributed by atoms with Crippen molar-refractivity contribution >= 4 is 22.4 Å². The van der Waals surface area contributed by atoms with Crippen LogP contribution in [0.25, 0.3) is 0 Å². The highest BCUT2D eigenvalue weighted by molar-refractivity contribution is 7.89. The largest absolute Gasteiger partial charge is 0.433 e. The van der Waals surface area contributed by atoms with Crippen LogP contribution in [0.1, 0.15) is 16.7 Å². The molecule has 9 heteroatoms. The number of hydrogen-bond acceptors (Lipinski definition) is 4. The Bertz CT molecular complexity index is 847. The predicted molar refractivity (Wildman–Crippen MR) is 91.3 cm³/mol. The number of rotatable bonds is 6. The third-order valence-electron chi connectivity index (χ3n) is 3.72. The Balaban J connectivity index is 0.00000225. The molecule has 136 valence electrons. The van der Waals surface area contributed by atoms with Crippen molar-refractivity contribution in [1.29, 1.82) is 0 Å². The first kappa shape index (κ1) is 19.6. The molecular weight excluding hydrogens is 374 g/mol. The van der Waals surface area contributed by atoms with Crippen LogP contribution in [0.5, 0.6) is 5.75 Å². The van der Waals surface area contributed by atoms with Gasteiger partial charge in [-0.3, -0.25) is 0 Å². The van der Waals surface area contributed by atoms with E-state index < -0.39 is 16.6 Å². The molecule has 1 aliphatic rings. The molecule has 2 N–H and O–H groups in total. The van der Waals surface area contributed by atoms with Gasteiger partial charge in [-0.2, -0.15) is 8.78 Å². The topological polar surface area (TPSA) is 67.4 Å². The van der Waals surface area contributed by atoms with Crippen LogP contribution in [0.2, 0.25) is 0 Å². The number of para-hydroxylation sites is 1. The van der Waals surface area contributed by atoms with Gasteiger partial charge in [0, 0.05) is 19.6 Å². The summed E-state index contributed by atoms with van der Waals surface area (Å²) in [7, 11) is -3.97. The molecule has 3 rings (SSSR count). The smallest absolute Gasteiger partial charge is 0.387 e. The van der Waals surface area contributed by atoms with Crippen LogP contribution in [-0.4, -0.2) is 15.0 Å². The monoisotopic (exact) mass is 390 g/mol. The van der Waals surface area contributed by atoms with Crippen molar-refractivity contribution in [3.8, 4) is 5.75 Å². The van der Waals surface area contributed by atoms with Crippen molar-refractivity contribution in [2.45, 2.75) is 31.1 Å². The fourth-order valence-corrected chi connectivity index (χ4v) is 3.73. The second kappa shape index (κ2) is 8.09. The summed E-state index contributed by atoms with van der Waals surface area (Å²) in [5.74, 6) is -0.377. The Labute approximate surface area is 150 Å². The highest BCUT2D eigenvalue weighted by atomic mass is 35.5. The zero-order valence-corrected chi connectivity index (χ0v) is 14.7. The van der Waals surface area contributed by atoms with E-state index in [9.17, 15) is 17.2 Å². The first-order chi connectivity index (χ1) is 11.5. The number of sulfonamides is 1. The van der Waals surface area contributed by atoms with Gasteiger partial charge in [-0.25, -0.2) is 13.1 Å². The number of ether oxygens (including phenoxy) is 1. The van der Waals surface area contributed by atoms with E-state index in [1.165, 1.54) is 29.8 Å². The summed E-state index contributed by atoms with van der Waals surface area (Å²) >= 11 is 0. The summed E-state index contributed by atoms with van der Waals surface area (Å²) in [6.07, 6.45) is 0. The lowest BCUT2D eigenvalue weighted by molar-refractivity contribution is -0.0517. The SMILES string of the molecule is Cl.O=S(=O)(NCc1ccc2c(c1)CNC2)c1ccccc1OC(F)F. The average molecular weight is 391 g/mol. The van der Waals surface area contributed by atoms with E-state index in [2.05, 4.69) is 14.8 Å². The van der Waals surface area contributed by atoms with Gasteiger partial charge in [-0.15, -0.1) is 12.4 Å². The van der Waals surface area contributed by atoms with Gasteiger partial charge in [-0.1, -0.05) is 30.3 Å². The summed E-state index contributed by atoms with van der Waals surface area (Å²) < 4.78 is 56.3. The molecule has 0 aromatic heterocycles. The second-order valence-electron chi connectivity index (χ2n) is 5.36. The molecule has 2 aromatic carbocycles. The second-order valence-corrected chi connectivity index (χ2v) is 7.09. The molecule has 0 spiro atoms. The third kappa shape index (κ3) is 4.66. The van der Waals surface area contributed by atoms with E-state index in [1.54, 1.807) is 0 Å². The summed E-state index contributed by atoms with van der Waals surface area (Å²) in [4.78, 5) is -0.312. The lowest BCUT2D eigenvalue weighted by Gasteiger charge is -2.12. The predicted octanol–water partition coefficient (Wildman–Crippen LogP) is 2.79. The standard InChI is InChI=1S/C16H16F2N2O3S.ClH/c17-16(18)23-14-3-1-2-4-15(14)24(21,22)20-8-11-5-6-12-9-19-10-13(12)7-11;/h1-7,16,19-20H,8-10H2;1H. The maximum absolute atomic E-state index is 12.4. The minimum absolute atomic E-state index is 0. The van der Waals surface area contributed by atoms with Crippen molar-refractivity contribution < 1.29 is 21.9 Å². The van der Waals surface area contributed by atoms with Crippen LogP contribution in [0.15, 0.2) is 47.4 Å². The number of hydrogen-bond donors (Lipinski definition) is 2. The molecule has 5 nitrogen and oxygen atoms in total. The van der Waals surface area contributed by atoms with Crippen molar-refractivity contribution in [3.63, 3.8) is 0 Å².